The summed E-state index contributed by atoms with van der Waals surface area (Å²) >= 11 is 0. The molecule has 0 aliphatic heterocycles. The number of imidazole rings is 1. The van der Waals surface area contributed by atoms with E-state index in [-0.39, 0.29) is 6.61 Å². The van der Waals surface area contributed by atoms with Crippen LogP contribution in [0, 0.1) is 5.92 Å². The molecule has 86 valence electrons. The van der Waals surface area contributed by atoms with Gasteiger partial charge in [0.15, 0.2) is 0 Å². The third-order valence-corrected chi connectivity index (χ3v) is 3.05. The molecular weight excluding hydrogens is 200 g/mol. The zero-order valence-corrected chi connectivity index (χ0v) is 9.85. The molecule has 3 nitrogen and oxygen atoms in total. The van der Waals surface area contributed by atoms with Crippen LogP contribution in [-0.4, -0.2) is 21.3 Å². The summed E-state index contributed by atoms with van der Waals surface area (Å²) in [4.78, 5) is 4.60. The fourth-order valence-electron chi connectivity index (χ4n) is 1.89. The summed E-state index contributed by atoms with van der Waals surface area (Å²) in [6, 6.07) is 8.16. The predicted molar refractivity (Wildman–Crippen MR) is 65.3 cm³/mol. The van der Waals surface area contributed by atoms with Gasteiger partial charge in [-0.1, -0.05) is 19.1 Å². The minimum atomic E-state index is 0.254. The van der Waals surface area contributed by atoms with Gasteiger partial charge in [0.05, 0.1) is 11.0 Å². The Morgan fingerprint density at radius 3 is 2.81 bits per heavy atom. The number of aliphatic hydroxyl groups is 1. The molecule has 0 bridgehead atoms. The first-order valence-electron chi connectivity index (χ1n) is 5.73. The van der Waals surface area contributed by atoms with Crippen molar-refractivity contribution in [1.82, 2.24) is 9.55 Å². The molecule has 1 N–H and O–H groups in total. The van der Waals surface area contributed by atoms with E-state index in [1.165, 1.54) is 5.52 Å². The maximum atomic E-state index is 8.99. The van der Waals surface area contributed by atoms with Gasteiger partial charge in [-0.3, -0.25) is 0 Å². The van der Waals surface area contributed by atoms with Crippen molar-refractivity contribution in [2.75, 3.05) is 6.61 Å². The van der Waals surface area contributed by atoms with Gasteiger partial charge in [0.1, 0.15) is 5.82 Å². The zero-order valence-electron chi connectivity index (χ0n) is 9.85. The molecule has 0 amide bonds. The lowest BCUT2D eigenvalue weighted by Gasteiger charge is -2.07. The predicted octanol–water partition coefficient (Wildman–Crippen LogP) is 2.13. The average Bonchev–Trinajstić information content (AvgIpc) is 2.64. The van der Waals surface area contributed by atoms with Crippen molar-refractivity contribution in [2.45, 2.75) is 19.8 Å². The van der Waals surface area contributed by atoms with Crippen molar-refractivity contribution < 1.29 is 5.11 Å². The third-order valence-electron chi connectivity index (χ3n) is 3.05. The number of benzene rings is 1. The van der Waals surface area contributed by atoms with Crippen molar-refractivity contribution in [3.63, 3.8) is 0 Å². The van der Waals surface area contributed by atoms with E-state index in [2.05, 4.69) is 22.5 Å². The Labute approximate surface area is 95.7 Å². The van der Waals surface area contributed by atoms with Crippen LogP contribution < -0.4 is 0 Å². The van der Waals surface area contributed by atoms with E-state index in [4.69, 9.17) is 5.11 Å². The lowest BCUT2D eigenvalue weighted by atomic mass is 10.1. The number of aryl methyl sites for hydroxylation is 2. The topological polar surface area (TPSA) is 38.1 Å². The Hall–Kier alpha value is -1.35. The molecule has 2 rings (SSSR count). The van der Waals surface area contributed by atoms with E-state index < -0.39 is 0 Å². The van der Waals surface area contributed by atoms with Gasteiger partial charge in [0.2, 0.25) is 0 Å². The Morgan fingerprint density at radius 1 is 1.38 bits per heavy atom. The Bertz CT molecular complexity index is 476. The van der Waals surface area contributed by atoms with E-state index in [1.54, 1.807) is 0 Å². The molecule has 3 heteroatoms. The summed E-state index contributed by atoms with van der Waals surface area (Å²) in [6.07, 6.45) is 1.90. The molecule has 1 unspecified atom stereocenters. The lowest BCUT2D eigenvalue weighted by Crippen LogP contribution is -2.05. The van der Waals surface area contributed by atoms with Crippen molar-refractivity contribution >= 4 is 11.0 Å². The number of hydrogen-bond donors (Lipinski definition) is 1. The van der Waals surface area contributed by atoms with Crippen LogP contribution in [0.3, 0.4) is 0 Å². The molecule has 1 atom stereocenters. The molecule has 2 aromatic rings. The molecule has 0 aliphatic rings. The van der Waals surface area contributed by atoms with Crippen molar-refractivity contribution in [3.8, 4) is 0 Å². The molecule has 0 spiro atoms. The minimum absolute atomic E-state index is 0.254. The Kier molecular flexibility index (Phi) is 3.25. The van der Waals surface area contributed by atoms with E-state index >= 15 is 0 Å². The van der Waals surface area contributed by atoms with Gasteiger partial charge in [0.25, 0.3) is 0 Å². The summed E-state index contributed by atoms with van der Waals surface area (Å²) in [6.45, 7) is 2.31. The van der Waals surface area contributed by atoms with Gasteiger partial charge in [-0.25, -0.2) is 4.98 Å². The van der Waals surface area contributed by atoms with E-state index in [1.807, 2.05) is 25.2 Å². The number of hydrogen-bond acceptors (Lipinski definition) is 2. The van der Waals surface area contributed by atoms with Crippen LogP contribution in [0.1, 0.15) is 19.2 Å². The standard InChI is InChI=1S/C13H18N2O/c1-10(9-16)7-8-13-14-11-5-3-4-6-12(11)15(13)2/h3-6,10,16H,7-9H2,1-2H3. The highest BCUT2D eigenvalue weighted by molar-refractivity contribution is 5.75. The highest BCUT2D eigenvalue weighted by Crippen LogP contribution is 2.16. The van der Waals surface area contributed by atoms with E-state index in [0.29, 0.717) is 5.92 Å². The van der Waals surface area contributed by atoms with Gasteiger partial charge in [0, 0.05) is 20.1 Å². The van der Waals surface area contributed by atoms with Crippen molar-refractivity contribution in [1.29, 1.82) is 0 Å². The first-order valence-corrected chi connectivity index (χ1v) is 5.73. The number of para-hydroxylation sites is 2. The maximum absolute atomic E-state index is 8.99. The van der Waals surface area contributed by atoms with Crippen LogP contribution in [0.2, 0.25) is 0 Å². The third kappa shape index (κ3) is 2.09. The fraction of sp³-hybridized carbons (Fsp3) is 0.462. The lowest BCUT2D eigenvalue weighted by molar-refractivity contribution is 0.230. The van der Waals surface area contributed by atoms with Crippen LogP contribution in [0.25, 0.3) is 11.0 Å². The van der Waals surface area contributed by atoms with Gasteiger partial charge < -0.3 is 9.67 Å². The molecule has 1 aromatic carbocycles. The molecule has 0 saturated heterocycles. The first-order chi connectivity index (χ1) is 7.72. The van der Waals surface area contributed by atoms with E-state index in [9.17, 15) is 0 Å². The Balaban J connectivity index is 2.21. The molecule has 0 aliphatic carbocycles. The highest BCUT2D eigenvalue weighted by Gasteiger charge is 2.08. The van der Waals surface area contributed by atoms with Crippen LogP contribution in [-0.2, 0) is 13.5 Å². The summed E-state index contributed by atoms with van der Waals surface area (Å²) in [5, 5.41) is 8.99. The van der Waals surface area contributed by atoms with Gasteiger partial charge in [-0.05, 0) is 24.5 Å². The molecule has 16 heavy (non-hydrogen) atoms. The van der Waals surface area contributed by atoms with Crippen molar-refractivity contribution in [3.05, 3.63) is 30.1 Å². The summed E-state index contributed by atoms with van der Waals surface area (Å²) in [5.41, 5.74) is 2.23. The molecule has 1 aromatic heterocycles. The second kappa shape index (κ2) is 4.66. The molecule has 0 saturated carbocycles. The summed E-state index contributed by atoms with van der Waals surface area (Å²) < 4.78 is 2.14. The highest BCUT2D eigenvalue weighted by atomic mass is 16.3. The molecule has 0 radical (unpaired) electrons. The quantitative estimate of drug-likeness (QED) is 0.853. The van der Waals surface area contributed by atoms with Crippen LogP contribution >= 0.6 is 0 Å². The fourth-order valence-corrected chi connectivity index (χ4v) is 1.89. The Morgan fingerprint density at radius 2 is 2.12 bits per heavy atom. The average molecular weight is 218 g/mol. The number of aromatic nitrogens is 2. The van der Waals surface area contributed by atoms with Gasteiger partial charge in [-0.15, -0.1) is 0 Å². The number of fused-ring (bicyclic) bond motifs is 1. The normalized spacial score (nSPS) is 13.2. The van der Waals surface area contributed by atoms with Crippen LogP contribution in [0.5, 0.6) is 0 Å². The molecule has 0 fully saturated rings. The molecular formula is C13H18N2O. The van der Waals surface area contributed by atoms with Crippen LogP contribution in [0.15, 0.2) is 24.3 Å². The number of aliphatic hydroxyl groups excluding tert-OH is 1. The number of nitrogens with zero attached hydrogens (tertiary/aromatic N) is 2. The number of rotatable bonds is 4. The maximum Gasteiger partial charge on any atom is 0.109 e. The van der Waals surface area contributed by atoms with Crippen LogP contribution in [0.4, 0.5) is 0 Å². The van der Waals surface area contributed by atoms with Gasteiger partial charge in [-0.2, -0.15) is 0 Å². The monoisotopic (exact) mass is 218 g/mol. The smallest absolute Gasteiger partial charge is 0.109 e. The second-order valence-corrected chi connectivity index (χ2v) is 4.40. The minimum Gasteiger partial charge on any atom is -0.396 e. The SMILES string of the molecule is CC(CO)CCc1nc2ccccc2n1C. The summed E-state index contributed by atoms with van der Waals surface area (Å²) in [7, 11) is 2.05. The summed E-state index contributed by atoms with van der Waals surface area (Å²) in [5.74, 6) is 1.45. The largest absolute Gasteiger partial charge is 0.396 e. The second-order valence-electron chi connectivity index (χ2n) is 4.40. The first kappa shape index (κ1) is 11.1. The van der Waals surface area contributed by atoms with Gasteiger partial charge >= 0.3 is 0 Å². The zero-order chi connectivity index (χ0) is 11.5. The molecule has 1 heterocycles. The van der Waals surface area contributed by atoms with E-state index in [0.717, 1.165) is 24.2 Å². The van der Waals surface area contributed by atoms with Crippen molar-refractivity contribution in [2.24, 2.45) is 13.0 Å².